The summed E-state index contributed by atoms with van der Waals surface area (Å²) in [6.45, 7) is 0.543. The van der Waals surface area contributed by atoms with Crippen molar-refractivity contribution in [1.82, 2.24) is 5.32 Å². The van der Waals surface area contributed by atoms with Crippen LogP contribution in [0.5, 0.6) is 23.0 Å². The number of carbonyl (C=O) groups excluding carboxylic acids is 1. The maximum Gasteiger partial charge on any atom is 0.220 e. The molecule has 6 nitrogen and oxygen atoms in total. The zero-order valence-corrected chi connectivity index (χ0v) is 23.1. The van der Waals surface area contributed by atoms with Gasteiger partial charge in [-0.2, -0.15) is 0 Å². The van der Waals surface area contributed by atoms with E-state index >= 15 is 0 Å². The quantitative estimate of drug-likeness (QED) is 0.299. The maximum atomic E-state index is 13.4. The number of hydrogen-bond acceptors (Lipinski definition) is 5. The molecular formula is C30H34BrNO5. The van der Waals surface area contributed by atoms with Gasteiger partial charge in [-0.15, -0.1) is 0 Å². The summed E-state index contributed by atoms with van der Waals surface area (Å²) in [5.74, 6) is 1.91. The van der Waals surface area contributed by atoms with Crippen LogP contribution in [-0.2, 0) is 10.2 Å². The zero-order chi connectivity index (χ0) is 26.4. The second-order valence-corrected chi connectivity index (χ2v) is 10.5. The van der Waals surface area contributed by atoms with Gasteiger partial charge in [0.1, 0.15) is 11.5 Å². The van der Waals surface area contributed by atoms with Gasteiger partial charge in [-0.05, 0) is 66.4 Å². The molecule has 1 amide bonds. The Morgan fingerprint density at radius 1 is 0.946 bits per heavy atom. The largest absolute Gasteiger partial charge is 0.508 e. The minimum absolute atomic E-state index is 0.0630. The van der Waals surface area contributed by atoms with Gasteiger partial charge in [-0.25, -0.2) is 0 Å². The van der Waals surface area contributed by atoms with Crippen LogP contribution in [-0.4, -0.2) is 38.9 Å². The summed E-state index contributed by atoms with van der Waals surface area (Å²) in [7, 11) is 4.89. The Hall–Kier alpha value is -3.19. The second kappa shape index (κ2) is 11.9. The fraction of sp³-hybridized carbons (Fsp3) is 0.367. The molecule has 0 bridgehead atoms. The first-order valence-electron chi connectivity index (χ1n) is 12.5. The molecule has 196 valence electrons. The standard InChI is InChI=1S/C30H34BrNO5/c1-35-23-10-6-20(7-11-23)24(25-17-22(31)9-12-26(25)33)18-29(34)32-19-30(14-4-5-15-30)21-8-13-27(36-2)28(16-21)37-3/h6-13,16-17,24,33H,4-5,14-15,18-19H2,1-3H3,(H,32,34)/t24-/m0/s1. The number of amides is 1. The molecule has 1 atom stereocenters. The number of nitrogens with one attached hydrogen (secondary N) is 1. The lowest BCUT2D eigenvalue weighted by Gasteiger charge is -2.31. The number of phenols is 1. The number of halogens is 1. The first-order chi connectivity index (χ1) is 17.9. The van der Waals surface area contributed by atoms with Crippen molar-refractivity contribution in [2.75, 3.05) is 27.9 Å². The van der Waals surface area contributed by atoms with Crippen LogP contribution < -0.4 is 19.5 Å². The summed E-state index contributed by atoms with van der Waals surface area (Å²) < 4.78 is 17.1. The number of benzene rings is 3. The van der Waals surface area contributed by atoms with E-state index in [0.29, 0.717) is 23.6 Å². The van der Waals surface area contributed by atoms with E-state index in [1.807, 2.05) is 42.5 Å². The van der Waals surface area contributed by atoms with Crippen molar-refractivity contribution in [1.29, 1.82) is 0 Å². The number of rotatable bonds is 10. The molecule has 4 rings (SSSR count). The molecule has 0 aliphatic heterocycles. The van der Waals surface area contributed by atoms with Crippen LogP contribution in [0.1, 0.15) is 54.7 Å². The van der Waals surface area contributed by atoms with Gasteiger partial charge in [0, 0.05) is 34.3 Å². The third kappa shape index (κ3) is 6.04. The van der Waals surface area contributed by atoms with Crippen molar-refractivity contribution < 1.29 is 24.1 Å². The molecular weight excluding hydrogens is 534 g/mol. The summed E-state index contributed by atoms with van der Waals surface area (Å²) in [6.07, 6.45) is 4.43. The summed E-state index contributed by atoms with van der Waals surface area (Å²) in [6, 6.07) is 19.0. The van der Waals surface area contributed by atoms with Crippen molar-refractivity contribution in [3.63, 3.8) is 0 Å². The van der Waals surface area contributed by atoms with Crippen LogP contribution in [0.4, 0.5) is 0 Å². The highest BCUT2D eigenvalue weighted by molar-refractivity contribution is 9.10. The highest BCUT2D eigenvalue weighted by atomic mass is 79.9. The van der Waals surface area contributed by atoms with E-state index in [-0.39, 0.29) is 29.4 Å². The van der Waals surface area contributed by atoms with Gasteiger partial charge in [0.2, 0.25) is 5.91 Å². The van der Waals surface area contributed by atoms with Gasteiger partial charge in [0.05, 0.1) is 21.3 Å². The van der Waals surface area contributed by atoms with Crippen molar-refractivity contribution in [3.05, 3.63) is 81.8 Å². The first kappa shape index (κ1) is 26.9. The topological polar surface area (TPSA) is 77.0 Å². The van der Waals surface area contributed by atoms with E-state index in [2.05, 4.69) is 27.3 Å². The Kier molecular flexibility index (Phi) is 8.64. The number of phenolic OH excluding ortho intramolecular Hbond substituents is 1. The Bertz CT molecular complexity index is 1220. The number of hydrogen-bond donors (Lipinski definition) is 2. The van der Waals surface area contributed by atoms with Crippen LogP contribution in [0.3, 0.4) is 0 Å². The molecule has 0 aromatic heterocycles. The van der Waals surface area contributed by atoms with Crippen LogP contribution in [0.25, 0.3) is 0 Å². The van der Waals surface area contributed by atoms with Gasteiger partial charge in [-0.3, -0.25) is 4.79 Å². The van der Waals surface area contributed by atoms with Crippen molar-refractivity contribution in [2.45, 2.75) is 43.4 Å². The molecule has 0 spiro atoms. The summed E-state index contributed by atoms with van der Waals surface area (Å²) in [4.78, 5) is 13.4. The van der Waals surface area contributed by atoms with E-state index in [4.69, 9.17) is 14.2 Å². The third-order valence-corrected chi connectivity index (χ3v) is 7.95. The molecule has 2 N–H and O–H groups in total. The number of ether oxygens (including phenoxy) is 3. The number of aromatic hydroxyl groups is 1. The van der Waals surface area contributed by atoms with E-state index in [9.17, 15) is 9.90 Å². The maximum absolute atomic E-state index is 13.4. The summed E-state index contributed by atoms with van der Waals surface area (Å²) >= 11 is 3.51. The lowest BCUT2D eigenvalue weighted by molar-refractivity contribution is -0.121. The minimum Gasteiger partial charge on any atom is -0.508 e. The Morgan fingerprint density at radius 2 is 1.65 bits per heavy atom. The SMILES string of the molecule is COc1ccc([C@H](CC(=O)NCC2(c3ccc(OC)c(OC)c3)CCCC2)c2cc(Br)ccc2O)cc1. The molecule has 0 unspecified atom stereocenters. The third-order valence-electron chi connectivity index (χ3n) is 7.45. The lowest BCUT2D eigenvalue weighted by atomic mass is 9.78. The molecule has 1 aliphatic carbocycles. The van der Waals surface area contributed by atoms with E-state index in [1.54, 1.807) is 33.5 Å². The Morgan fingerprint density at radius 3 is 2.30 bits per heavy atom. The molecule has 37 heavy (non-hydrogen) atoms. The van der Waals surface area contributed by atoms with Crippen LogP contribution in [0, 0.1) is 0 Å². The smallest absolute Gasteiger partial charge is 0.220 e. The predicted molar refractivity (Wildman–Crippen MR) is 148 cm³/mol. The molecule has 0 radical (unpaired) electrons. The van der Waals surface area contributed by atoms with E-state index in [0.717, 1.165) is 47.0 Å². The van der Waals surface area contributed by atoms with Crippen molar-refractivity contribution in [2.24, 2.45) is 0 Å². The molecule has 1 aliphatic rings. The van der Waals surface area contributed by atoms with Gasteiger partial charge >= 0.3 is 0 Å². The normalized spacial score (nSPS) is 15.1. The second-order valence-electron chi connectivity index (χ2n) is 9.57. The van der Waals surface area contributed by atoms with Gasteiger partial charge in [0.15, 0.2) is 11.5 Å². The Balaban J connectivity index is 1.56. The average Bonchev–Trinajstić information content (AvgIpc) is 3.42. The van der Waals surface area contributed by atoms with E-state index in [1.165, 1.54) is 0 Å². The molecule has 0 saturated heterocycles. The van der Waals surface area contributed by atoms with Crippen molar-refractivity contribution in [3.8, 4) is 23.0 Å². The highest BCUT2D eigenvalue weighted by Gasteiger charge is 2.37. The average molecular weight is 569 g/mol. The molecule has 1 saturated carbocycles. The monoisotopic (exact) mass is 567 g/mol. The summed E-state index contributed by atoms with van der Waals surface area (Å²) in [5.41, 5.74) is 2.63. The number of carbonyl (C=O) groups is 1. The highest BCUT2D eigenvalue weighted by Crippen LogP contribution is 2.43. The molecule has 3 aromatic rings. The molecule has 7 heteroatoms. The van der Waals surface area contributed by atoms with Crippen molar-refractivity contribution >= 4 is 21.8 Å². The molecule has 3 aromatic carbocycles. The van der Waals surface area contributed by atoms with Crippen LogP contribution in [0.15, 0.2) is 65.1 Å². The van der Waals surface area contributed by atoms with Gasteiger partial charge in [-0.1, -0.05) is 47.0 Å². The van der Waals surface area contributed by atoms with E-state index < -0.39 is 0 Å². The number of methoxy groups -OCH3 is 3. The first-order valence-corrected chi connectivity index (χ1v) is 13.3. The van der Waals surface area contributed by atoms with Crippen LogP contribution >= 0.6 is 15.9 Å². The van der Waals surface area contributed by atoms with Gasteiger partial charge < -0.3 is 24.6 Å². The molecule has 1 fully saturated rings. The van der Waals surface area contributed by atoms with Crippen LogP contribution in [0.2, 0.25) is 0 Å². The Labute approximate surface area is 227 Å². The fourth-order valence-corrected chi connectivity index (χ4v) is 5.74. The molecule has 0 heterocycles. The minimum atomic E-state index is -0.316. The van der Waals surface area contributed by atoms with Gasteiger partial charge in [0.25, 0.3) is 0 Å². The lowest BCUT2D eigenvalue weighted by Crippen LogP contribution is -2.39. The summed E-state index contributed by atoms with van der Waals surface area (Å²) in [5, 5.41) is 13.9. The predicted octanol–water partition coefficient (Wildman–Crippen LogP) is 6.33. The zero-order valence-electron chi connectivity index (χ0n) is 21.6. The fourth-order valence-electron chi connectivity index (χ4n) is 5.36.